The van der Waals surface area contributed by atoms with Gasteiger partial charge in [0.1, 0.15) is 0 Å². The largest absolute Gasteiger partial charge is 0.309 e. The molecule has 1 saturated heterocycles. The van der Waals surface area contributed by atoms with E-state index in [1.54, 1.807) is 4.90 Å². The Bertz CT molecular complexity index is 496. The van der Waals surface area contributed by atoms with Crippen LogP contribution in [0.3, 0.4) is 0 Å². The molecule has 2 nitrogen and oxygen atoms in total. The van der Waals surface area contributed by atoms with E-state index in [9.17, 15) is 4.79 Å². The number of carbonyl (C=O) groups excluding carboxylic acids is 1. The molecule has 1 aromatic rings. The van der Waals surface area contributed by atoms with Crippen molar-refractivity contribution in [2.45, 2.75) is 23.6 Å². The Morgan fingerprint density at radius 2 is 1.78 bits per heavy atom. The third-order valence-electron chi connectivity index (χ3n) is 3.74. The number of carbonyl (C=O) groups is 1. The maximum Gasteiger partial charge on any atom is 0.263 e. The van der Waals surface area contributed by atoms with Gasteiger partial charge in [0.2, 0.25) is 0 Å². The van der Waals surface area contributed by atoms with E-state index in [2.05, 4.69) is 22.6 Å². The van der Waals surface area contributed by atoms with Gasteiger partial charge in [-0.2, -0.15) is 0 Å². The topological polar surface area (TPSA) is 20.3 Å². The zero-order valence-corrected chi connectivity index (χ0v) is 13.3. The van der Waals surface area contributed by atoms with Gasteiger partial charge in [-0.25, -0.2) is 0 Å². The number of alkyl halides is 2. The summed E-state index contributed by atoms with van der Waals surface area (Å²) in [5.41, 5.74) is 1.04. The van der Waals surface area contributed by atoms with E-state index in [4.69, 9.17) is 23.2 Å². The van der Waals surface area contributed by atoms with Crippen molar-refractivity contribution < 1.29 is 4.79 Å². The molecule has 0 radical (unpaired) electrons. The number of nitrogens with zero attached hydrogens (tertiary/aromatic N) is 1. The lowest BCUT2D eigenvalue weighted by Crippen LogP contribution is -2.52. The van der Waals surface area contributed by atoms with Crippen LogP contribution in [0.4, 0.5) is 5.69 Å². The highest BCUT2D eigenvalue weighted by Gasteiger charge is 2.57. The van der Waals surface area contributed by atoms with Crippen LogP contribution in [0, 0.1) is 8.99 Å². The van der Waals surface area contributed by atoms with Crippen LogP contribution in [0.15, 0.2) is 24.3 Å². The fourth-order valence-electron chi connectivity index (χ4n) is 2.55. The average Bonchev–Trinajstić information content (AvgIpc) is 3.04. The minimum atomic E-state index is -1.27. The zero-order valence-electron chi connectivity index (χ0n) is 9.63. The van der Waals surface area contributed by atoms with Crippen LogP contribution < -0.4 is 4.90 Å². The van der Waals surface area contributed by atoms with Crippen LogP contribution in [-0.4, -0.2) is 16.8 Å². The molecule has 0 aromatic heterocycles. The second kappa shape index (κ2) is 4.25. The second-order valence-electron chi connectivity index (χ2n) is 5.25. The van der Waals surface area contributed by atoms with Gasteiger partial charge in [-0.05, 0) is 71.5 Å². The molecular weight excluding hydrogens is 384 g/mol. The highest BCUT2D eigenvalue weighted by molar-refractivity contribution is 14.1. The molecule has 1 aliphatic heterocycles. The van der Waals surface area contributed by atoms with E-state index in [0.717, 1.165) is 28.6 Å². The molecule has 0 atom stereocenters. The fraction of sp³-hybridized carbons (Fsp3) is 0.462. The molecule has 1 aliphatic carbocycles. The number of hydrogen-bond donors (Lipinski definition) is 0. The maximum absolute atomic E-state index is 12.3. The van der Waals surface area contributed by atoms with Gasteiger partial charge < -0.3 is 4.90 Å². The summed E-state index contributed by atoms with van der Waals surface area (Å²) in [6.45, 7) is 0.744. The zero-order chi connectivity index (χ0) is 13.0. The van der Waals surface area contributed by atoms with Gasteiger partial charge in [0.05, 0.1) is 0 Å². The molecule has 0 bridgehead atoms. The highest BCUT2D eigenvalue weighted by Crippen LogP contribution is 2.57. The monoisotopic (exact) mass is 395 g/mol. The van der Waals surface area contributed by atoms with E-state index in [0.29, 0.717) is 6.42 Å². The summed E-state index contributed by atoms with van der Waals surface area (Å²) in [4.78, 5) is 14.1. The van der Waals surface area contributed by atoms with Crippen LogP contribution in [0.1, 0.15) is 19.3 Å². The lowest BCUT2D eigenvalue weighted by Gasteiger charge is -2.39. The number of benzene rings is 1. The third kappa shape index (κ3) is 2.25. The van der Waals surface area contributed by atoms with Gasteiger partial charge in [0.15, 0.2) is 4.33 Å². The van der Waals surface area contributed by atoms with Crippen molar-refractivity contribution in [3.8, 4) is 0 Å². The van der Waals surface area contributed by atoms with Crippen molar-refractivity contribution >= 4 is 57.4 Å². The van der Waals surface area contributed by atoms with Crippen molar-refractivity contribution in [3.05, 3.63) is 27.8 Å². The Morgan fingerprint density at radius 1 is 1.17 bits per heavy atom. The standard InChI is InChI=1S/C13H12Cl2INO/c14-13(15)7-12(5-6-12)8-17(11(13)18)10-3-1-9(16)2-4-10/h1-4H,5-8H2. The Labute approximate surface area is 130 Å². The summed E-state index contributed by atoms with van der Waals surface area (Å²) in [6, 6.07) is 7.87. The maximum atomic E-state index is 12.3. The lowest BCUT2D eigenvalue weighted by atomic mass is 9.93. The highest BCUT2D eigenvalue weighted by atomic mass is 127. The summed E-state index contributed by atoms with van der Waals surface area (Å²) >= 11 is 14.6. The quantitative estimate of drug-likeness (QED) is 0.520. The fourth-order valence-corrected chi connectivity index (χ4v) is 3.68. The van der Waals surface area contributed by atoms with E-state index in [1.165, 1.54) is 0 Å². The van der Waals surface area contributed by atoms with E-state index in [1.807, 2.05) is 24.3 Å². The molecule has 1 amide bonds. The van der Waals surface area contributed by atoms with Crippen molar-refractivity contribution in [1.29, 1.82) is 0 Å². The summed E-state index contributed by atoms with van der Waals surface area (Å²) in [7, 11) is 0. The lowest BCUT2D eigenvalue weighted by molar-refractivity contribution is -0.121. The minimum Gasteiger partial charge on any atom is -0.309 e. The first-order chi connectivity index (χ1) is 8.42. The first-order valence-electron chi connectivity index (χ1n) is 5.87. The SMILES string of the molecule is O=C1N(c2ccc(I)cc2)CC2(CC2)CC1(Cl)Cl. The van der Waals surface area contributed by atoms with E-state index in [-0.39, 0.29) is 11.3 Å². The first kappa shape index (κ1) is 13.0. The Kier molecular flexibility index (Phi) is 3.07. The molecule has 5 heteroatoms. The summed E-state index contributed by atoms with van der Waals surface area (Å²) in [5.74, 6) is -0.190. The molecule has 0 unspecified atom stereocenters. The van der Waals surface area contributed by atoms with Gasteiger partial charge in [0, 0.05) is 15.8 Å². The molecule has 1 heterocycles. The van der Waals surface area contributed by atoms with Gasteiger partial charge in [-0.15, -0.1) is 0 Å². The Hall–Kier alpha value is -0.000000000000000111. The molecule has 96 valence electrons. The Balaban J connectivity index is 1.95. The average molecular weight is 396 g/mol. The van der Waals surface area contributed by atoms with Crippen LogP contribution in [0.2, 0.25) is 0 Å². The number of rotatable bonds is 1. The van der Waals surface area contributed by atoms with Gasteiger partial charge >= 0.3 is 0 Å². The molecule has 2 fully saturated rings. The molecule has 0 N–H and O–H groups in total. The number of halogens is 3. The van der Waals surface area contributed by atoms with E-state index >= 15 is 0 Å². The number of anilines is 1. The van der Waals surface area contributed by atoms with Gasteiger partial charge in [-0.3, -0.25) is 4.79 Å². The number of amides is 1. The van der Waals surface area contributed by atoms with Crippen molar-refractivity contribution in [3.63, 3.8) is 0 Å². The van der Waals surface area contributed by atoms with Crippen LogP contribution in [-0.2, 0) is 4.79 Å². The molecular formula is C13H12Cl2INO. The van der Waals surface area contributed by atoms with Crippen molar-refractivity contribution in [2.75, 3.05) is 11.4 Å². The predicted octanol–water partition coefficient (Wildman–Crippen LogP) is 3.98. The molecule has 2 aliphatic rings. The summed E-state index contributed by atoms with van der Waals surface area (Å²) < 4.78 is -0.123. The molecule has 1 aromatic carbocycles. The number of piperidine rings is 1. The van der Waals surface area contributed by atoms with Crippen molar-refractivity contribution in [2.24, 2.45) is 5.41 Å². The van der Waals surface area contributed by atoms with Crippen LogP contribution >= 0.6 is 45.8 Å². The van der Waals surface area contributed by atoms with E-state index < -0.39 is 4.33 Å². The summed E-state index contributed by atoms with van der Waals surface area (Å²) in [5, 5.41) is 0. The molecule has 1 spiro atoms. The predicted molar refractivity (Wildman–Crippen MR) is 82.2 cm³/mol. The normalized spacial score (nSPS) is 24.4. The molecule has 18 heavy (non-hydrogen) atoms. The molecule has 1 saturated carbocycles. The Morgan fingerprint density at radius 3 is 2.33 bits per heavy atom. The first-order valence-corrected chi connectivity index (χ1v) is 7.71. The smallest absolute Gasteiger partial charge is 0.263 e. The summed E-state index contributed by atoms with van der Waals surface area (Å²) in [6.07, 6.45) is 2.81. The molecule has 3 rings (SSSR count). The van der Waals surface area contributed by atoms with Crippen LogP contribution in [0.5, 0.6) is 0 Å². The minimum absolute atomic E-state index is 0.153. The van der Waals surface area contributed by atoms with Crippen molar-refractivity contribution in [1.82, 2.24) is 0 Å². The second-order valence-corrected chi connectivity index (χ2v) is 7.98. The van der Waals surface area contributed by atoms with Gasteiger partial charge in [-0.1, -0.05) is 23.2 Å². The van der Waals surface area contributed by atoms with Gasteiger partial charge in [0.25, 0.3) is 5.91 Å². The number of hydrogen-bond acceptors (Lipinski definition) is 1. The van der Waals surface area contributed by atoms with Crippen LogP contribution in [0.25, 0.3) is 0 Å². The third-order valence-corrected chi connectivity index (χ3v) is 5.05.